The lowest BCUT2D eigenvalue weighted by molar-refractivity contribution is -0.174. The van der Waals surface area contributed by atoms with Crippen molar-refractivity contribution < 1.29 is 23.1 Å². The highest BCUT2D eigenvalue weighted by molar-refractivity contribution is 7.99. The minimum absolute atomic E-state index is 0.199. The van der Waals surface area contributed by atoms with Crippen molar-refractivity contribution >= 4 is 17.7 Å². The Balaban J connectivity index is 1.92. The van der Waals surface area contributed by atoms with Crippen LogP contribution in [0.4, 0.5) is 13.2 Å². The van der Waals surface area contributed by atoms with Gasteiger partial charge < -0.3 is 10.4 Å². The van der Waals surface area contributed by atoms with Crippen molar-refractivity contribution in [1.29, 1.82) is 0 Å². The van der Waals surface area contributed by atoms with Crippen LogP contribution < -0.4 is 5.32 Å². The van der Waals surface area contributed by atoms with Crippen LogP contribution in [-0.4, -0.2) is 23.2 Å². The zero-order valence-electron chi connectivity index (χ0n) is 12.8. The summed E-state index contributed by atoms with van der Waals surface area (Å²) in [5, 5.41) is 11.2. The van der Waals surface area contributed by atoms with Crippen molar-refractivity contribution in [3.8, 4) is 5.75 Å². The Kier molecular flexibility index (Phi) is 5.77. The molecule has 0 fully saturated rings. The van der Waals surface area contributed by atoms with Crippen molar-refractivity contribution in [2.45, 2.75) is 35.4 Å². The predicted molar refractivity (Wildman–Crippen MR) is 86.0 cm³/mol. The van der Waals surface area contributed by atoms with Crippen LogP contribution in [0.3, 0.4) is 0 Å². The number of carbonyl (C=O) groups excluding carboxylic acids is 1. The van der Waals surface area contributed by atoms with E-state index in [-0.39, 0.29) is 5.75 Å². The summed E-state index contributed by atoms with van der Waals surface area (Å²) < 4.78 is 36.6. The normalized spacial score (nSPS) is 12.7. The minimum atomic E-state index is -4.86. The SMILES string of the molecule is CC(Cc1ccc(Sc2ccc(O)cc2)cc1)NC(=O)C(F)(F)F. The largest absolute Gasteiger partial charge is 0.508 e. The monoisotopic (exact) mass is 355 g/mol. The molecule has 3 nitrogen and oxygen atoms in total. The molecule has 0 radical (unpaired) electrons. The maximum atomic E-state index is 12.2. The van der Waals surface area contributed by atoms with E-state index >= 15 is 0 Å². The van der Waals surface area contributed by atoms with E-state index in [1.165, 1.54) is 18.7 Å². The number of aromatic hydroxyl groups is 1. The van der Waals surface area contributed by atoms with E-state index < -0.39 is 18.1 Å². The Hall–Kier alpha value is -2.15. The first-order valence-corrected chi connectivity index (χ1v) is 7.99. The topological polar surface area (TPSA) is 49.3 Å². The number of alkyl halides is 3. The van der Waals surface area contributed by atoms with Gasteiger partial charge in [-0.3, -0.25) is 4.79 Å². The minimum Gasteiger partial charge on any atom is -0.508 e. The average Bonchev–Trinajstić information content (AvgIpc) is 2.50. The van der Waals surface area contributed by atoms with E-state index in [4.69, 9.17) is 0 Å². The lowest BCUT2D eigenvalue weighted by Crippen LogP contribution is -2.42. The van der Waals surface area contributed by atoms with Crippen LogP contribution in [0.2, 0.25) is 0 Å². The van der Waals surface area contributed by atoms with Gasteiger partial charge in [-0.2, -0.15) is 13.2 Å². The first-order valence-electron chi connectivity index (χ1n) is 7.17. The first-order chi connectivity index (χ1) is 11.2. The van der Waals surface area contributed by atoms with E-state index in [9.17, 15) is 23.1 Å². The zero-order chi connectivity index (χ0) is 17.7. The second kappa shape index (κ2) is 7.61. The van der Waals surface area contributed by atoms with Gasteiger partial charge in [0.1, 0.15) is 5.75 Å². The van der Waals surface area contributed by atoms with Gasteiger partial charge >= 0.3 is 12.1 Å². The molecule has 1 amide bonds. The number of nitrogens with one attached hydrogen (secondary N) is 1. The fourth-order valence-electron chi connectivity index (χ4n) is 2.05. The Morgan fingerprint density at radius 1 is 1.08 bits per heavy atom. The van der Waals surface area contributed by atoms with Crippen molar-refractivity contribution in [1.82, 2.24) is 5.32 Å². The highest BCUT2D eigenvalue weighted by Gasteiger charge is 2.39. The van der Waals surface area contributed by atoms with Gasteiger partial charge in [0.15, 0.2) is 0 Å². The molecule has 0 spiro atoms. The molecule has 7 heteroatoms. The van der Waals surface area contributed by atoms with Crippen molar-refractivity contribution in [3.05, 3.63) is 54.1 Å². The lowest BCUT2D eigenvalue weighted by atomic mass is 10.1. The van der Waals surface area contributed by atoms with Crippen LogP contribution in [0.15, 0.2) is 58.3 Å². The summed E-state index contributed by atoms with van der Waals surface area (Å²) in [4.78, 5) is 12.8. The van der Waals surface area contributed by atoms with Gasteiger partial charge in [0.2, 0.25) is 0 Å². The Bertz CT molecular complexity index is 684. The van der Waals surface area contributed by atoms with Crippen LogP contribution in [0.5, 0.6) is 5.75 Å². The Morgan fingerprint density at radius 3 is 2.08 bits per heavy atom. The molecule has 128 valence electrons. The Morgan fingerprint density at radius 2 is 1.58 bits per heavy atom. The molecule has 2 rings (SSSR count). The molecule has 0 saturated carbocycles. The molecule has 1 unspecified atom stereocenters. The summed E-state index contributed by atoms with van der Waals surface area (Å²) in [6.07, 6.45) is -4.55. The molecule has 2 N–H and O–H groups in total. The number of phenolic OH excluding ortho intramolecular Hbond substituents is 1. The molecule has 0 aliphatic carbocycles. The van der Waals surface area contributed by atoms with Gasteiger partial charge in [0.25, 0.3) is 0 Å². The number of rotatable bonds is 5. The Labute approximate surface area is 141 Å². The van der Waals surface area contributed by atoms with Crippen LogP contribution in [0, 0.1) is 0 Å². The highest BCUT2D eigenvalue weighted by Crippen LogP contribution is 2.29. The predicted octanol–water partition coefficient (Wildman–Crippen LogP) is 4.15. The van der Waals surface area contributed by atoms with Crippen LogP contribution in [0.25, 0.3) is 0 Å². The molecule has 0 aliphatic rings. The third-order valence-corrected chi connectivity index (χ3v) is 4.19. The van der Waals surface area contributed by atoms with Gasteiger partial charge in [0, 0.05) is 15.8 Å². The molecule has 0 aromatic heterocycles. The highest BCUT2D eigenvalue weighted by atomic mass is 32.2. The number of phenols is 1. The third kappa shape index (κ3) is 5.49. The molecule has 0 saturated heterocycles. The molecular formula is C17H16F3NO2S. The molecule has 24 heavy (non-hydrogen) atoms. The number of hydrogen-bond acceptors (Lipinski definition) is 3. The van der Waals surface area contributed by atoms with Crippen LogP contribution in [0.1, 0.15) is 12.5 Å². The van der Waals surface area contributed by atoms with Crippen molar-refractivity contribution in [3.63, 3.8) is 0 Å². The first kappa shape index (κ1) is 18.2. The molecule has 2 aromatic carbocycles. The zero-order valence-corrected chi connectivity index (χ0v) is 13.6. The fourth-order valence-corrected chi connectivity index (χ4v) is 2.87. The second-order valence-electron chi connectivity index (χ2n) is 5.32. The summed E-state index contributed by atoms with van der Waals surface area (Å²) in [5.74, 6) is -1.72. The van der Waals surface area contributed by atoms with Gasteiger partial charge in [-0.1, -0.05) is 23.9 Å². The van der Waals surface area contributed by atoms with Gasteiger partial charge in [-0.25, -0.2) is 0 Å². The van der Waals surface area contributed by atoms with E-state index in [1.807, 2.05) is 29.6 Å². The molecule has 0 bridgehead atoms. The number of halogens is 3. The standard InChI is InChI=1S/C17H16F3NO2S/c1-11(21-16(23)17(18,19)20)10-12-2-6-14(7-3-12)24-15-8-4-13(22)5-9-15/h2-9,11,22H,10H2,1H3,(H,21,23). The average molecular weight is 355 g/mol. The van der Waals surface area contributed by atoms with E-state index in [2.05, 4.69) is 0 Å². The maximum Gasteiger partial charge on any atom is 0.471 e. The maximum absolute atomic E-state index is 12.2. The number of hydrogen-bond donors (Lipinski definition) is 2. The van der Waals surface area contributed by atoms with Gasteiger partial charge in [-0.15, -0.1) is 0 Å². The molecule has 0 aliphatic heterocycles. The summed E-state index contributed by atoms with van der Waals surface area (Å²) in [6, 6.07) is 13.5. The molecular weight excluding hydrogens is 339 g/mol. The summed E-state index contributed by atoms with van der Waals surface area (Å²) >= 11 is 1.51. The number of amides is 1. The summed E-state index contributed by atoms with van der Waals surface area (Å²) in [6.45, 7) is 1.53. The van der Waals surface area contributed by atoms with E-state index in [1.54, 1.807) is 24.3 Å². The van der Waals surface area contributed by atoms with Crippen LogP contribution >= 0.6 is 11.8 Å². The number of carbonyl (C=O) groups is 1. The van der Waals surface area contributed by atoms with Gasteiger partial charge in [0.05, 0.1) is 0 Å². The quantitative estimate of drug-likeness (QED) is 0.847. The second-order valence-corrected chi connectivity index (χ2v) is 6.46. The summed E-state index contributed by atoms with van der Waals surface area (Å²) in [7, 11) is 0. The van der Waals surface area contributed by atoms with Crippen molar-refractivity contribution in [2.75, 3.05) is 0 Å². The molecule has 2 aromatic rings. The number of benzene rings is 2. The smallest absolute Gasteiger partial charge is 0.471 e. The van der Waals surface area contributed by atoms with Crippen molar-refractivity contribution in [2.24, 2.45) is 0 Å². The van der Waals surface area contributed by atoms with Gasteiger partial charge in [-0.05, 0) is 55.3 Å². The van der Waals surface area contributed by atoms with E-state index in [0.29, 0.717) is 6.42 Å². The van der Waals surface area contributed by atoms with Crippen LogP contribution in [-0.2, 0) is 11.2 Å². The fraction of sp³-hybridized carbons (Fsp3) is 0.235. The molecule has 1 atom stereocenters. The van der Waals surface area contributed by atoms with E-state index in [0.717, 1.165) is 15.4 Å². The summed E-state index contributed by atoms with van der Waals surface area (Å²) in [5.41, 5.74) is 0.833. The lowest BCUT2D eigenvalue weighted by Gasteiger charge is -2.15. The third-order valence-electron chi connectivity index (χ3n) is 3.17. The molecule has 0 heterocycles.